The summed E-state index contributed by atoms with van der Waals surface area (Å²) in [4.78, 5) is -0.0445. The summed E-state index contributed by atoms with van der Waals surface area (Å²) in [6.45, 7) is 3.59. The van der Waals surface area contributed by atoms with Crippen molar-refractivity contribution in [3.8, 4) is 0 Å². The number of nitrogens with two attached hydrogens (primary N) is 1. The van der Waals surface area contributed by atoms with Gasteiger partial charge in [0.2, 0.25) is 20.0 Å². The molecule has 1 aromatic carbocycles. The monoisotopic (exact) mass is 427 g/mol. The van der Waals surface area contributed by atoms with Crippen molar-refractivity contribution < 1.29 is 21.6 Å². The topological polar surface area (TPSA) is 119 Å². The van der Waals surface area contributed by atoms with Crippen molar-refractivity contribution in [1.29, 1.82) is 0 Å². The molecule has 26 heavy (non-hydrogen) atoms. The van der Waals surface area contributed by atoms with Crippen molar-refractivity contribution in [3.05, 3.63) is 23.8 Å². The highest BCUT2D eigenvalue weighted by Crippen LogP contribution is 2.24. The van der Waals surface area contributed by atoms with E-state index in [9.17, 15) is 16.8 Å². The molecule has 1 aliphatic heterocycles. The predicted molar refractivity (Wildman–Crippen MR) is 101 cm³/mol. The van der Waals surface area contributed by atoms with Gasteiger partial charge >= 0.3 is 0 Å². The normalized spacial score (nSPS) is 16.2. The molecule has 0 aliphatic carbocycles. The van der Waals surface area contributed by atoms with Crippen LogP contribution in [0.3, 0.4) is 0 Å². The number of nitrogens with one attached hydrogen (secondary N) is 1. The second kappa shape index (κ2) is 9.98. The van der Waals surface area contributed by atoms with Gasteiger partial charge in [0.05, 0.1) is 23.0 Å². The van der Waals surface area contributed by atoms with Gasteiger partial charge < -0.3 is 10.5 Å². The van der Waals surface area contributed by atoms with E-state index in [0.29, 0.717) is 38.2 Å². The predicted octanol–water partition coefficient (Wildman–Crippen LogP) is 0.455. The van der Waals surface area contributed by atoms with Gasteiger partial charge in [-0.05, 0) is 44.0 Å². The summed E-state index contributed by atoms with van der Waals surface area (Å²) in [5, 5.41) is 0. The van der Waals surface area contributed by atoms with Crippen LogP contribution in [0.1, 0.15) is 18.4 Å². The van der Waals surface area contributed by atoms with E-state index in [-0.39, 0.29) is 41.8 Å². The lowest BCUT2D eigenvalue weighted by Crippen LogP contribution is -2.40. The number of halogens is 1. The Morgan fingerprint density at radius 1 is 1.15 bits per heavy atom. The average molecular weight is 428 g/mol. The minimum Gasteiger partial charge on any atom is -0.379 e. The fraction of sp³-hybridized carbons (Fsp3) is 0.600. The Kier molecular flexibility index (Phi) is 8.94. The number of hydrogen-bond donors (Lipinski definition) is 2. The van der Waals surface area contributed by atoms with E-state index in [1.165, 1.54) is 22.5 Å². The van der Waals surface area contributed by atoms with E-state index >= 15 is 0 Å². The van der Waals surface area contributed by atoms with Crippen molar-refractivity contribution in [3.63, 3.8) is 0 Å². The molecule has 0 radical (unpaired) electrons. The lowest BCUT2D eigenvalue weighted by atomic mass is 10.2. The van der Waals surface area contributed by atoms with Crippen LogP contribution in [0.25, 0.3) is 0 Å². The van der Waals surface area contributed by atoms with Gasteiger partial charge in [0.15, 0.2) is 0 Å². The zero-order valence-corrected chi connectivity index (χ0v) is 17.1. The van der Waals surface area contributed by atoms with Crippen molar-refractivity contribution >= 4 is 32.5 Å². The molecule has 3 N–H and O–H groups in total. The van der Waals surface area contributed by atoms with Crippen LogP contribution >= 0.6 is 12.4 Å². The highest BCUT2D eigenvalue weighted by atomic mass is 35.5. The summed E-state index contributed by atoms with van der Waals surface area (Å²) in [7, 11) is -7.53. The average Bonchev–Trinajstić information content (AvgIpc) is 2.59. The molecule has 8 nitrogen and oxygen atoms in total. The third kappa shape index (κ3) is 5.62. The van der Waals surface area contributed by atoms with Crippen LogP contribution in [0.15, 0.2) is 28.0 Å². The maximum absolute atomic E-state index is 12.8. The fourth-order valence-corrected chi connectivity index (χ4v) is 5.34. The summed E-state index contributed by atoms with van der Waals surface area (Å²) >= 11 is 0. The van der Waals surface area contributed by atoms with E-state index in [0.717, 1.165) is 0 Å². The molecule has 0 amide bonds. The third-order valence-corrected chi connectivity index (χ3v) is 7.48. The zero-order chi connectivity index (χ0) is 18.5. The van der Waals surface area contributed by atoms with Gasteiger partial charge in [-0.3, -0.25) is 0 Å². The van der Waals surface area contributed by atoms with Crippen LogP contribution in [0, 0.1) is 6.92 Å². The summed E-state index contributed by atoms with van der Waals surface area (Å²) in [6.07, 6.45) is 1.34. The lowest BCUT2D eigenvalue weighted by molar-refractivity contribution is 0.0730. The SMILES string of the molecule is Cc1ccc(S(=O)(=O)NCCCCN)cc1S(=O)(=O)N1CCOCC1.Cl. The molecular weight excluding hydrogens is 402 g/mol. The summed E-state index contributed by atoms with van der Waals surface area (Å²) in [5.74, 6) is 0. The Hall–Kier alpha value is -0.750. The minimum atomic E-state index is -3.77. The van der Waals surface area contributed by atoms with Crippen LogP contribution in [-0.4, -0.2) is 60.5 Å². The van der Waals surface area contributed by atoms with Gasteiger partial charge in [0.1, 0.15) is 0 Å². The second-order valence-electron chi connectivity index (χ2n) is 5.84. The van der Waals surface area contributed by atoms with Crippen LogP contribution in [0.4, 0.5) is 0 Å². The first kappa shape index (κ1) is 23.3. The molecule has 0 unspecified atom stereocenters. The molecular formula is C15H26ClN3O5S2. The molecule has 1 aliphatic rings. The summed E-state index contributed by atoms with van der Waals surface area (Å²) in [6, 6.07) is 4.16. The second-order valence-corrected chi connectivity index (χ2v) is 9.51. The number of hydrogen-bond acceptors (Lipinski definition) is 6. The Balaban J connectivity index is 0.00000338. The minimum absolute atomic E-state index is 0. The van der Waals surface area contributed by atoms with Crippen molar-refractivity contribution in [2.75, 3.05) is 39.4 Å². The van der Waals surface area contributed by atoms with Crippen molar-refractivity contribution in [2.45, 2.75) is 29.6 Å². The quantitative estimate of drug-likeness (QED) is 0.581. The van der Waals surface area contributed by atoms with Crippen molar-refractivity contribution in [1.82, 2.24) is 9.03 Å². The molecule has 0 atom stereocenters. The first-order valence-corrected chi connectivity index (χ1v) is 11.1. The lowest BCUT2D eigenvalue weighted by Gasteiger charge is -2.26. The molecule has 150 valence electrons. The number of ether oxygens (including phenoxy) is 1. The zero-order valence-electron chi connectivity index (χ0n) is 14.7. The number of benzene rings is 1. The largest absolute Gasteiger partial charge is 0.379 e. The first-order valence-electron chi connectivity index (χ1n) is 8.17. The smallest absolute Gasteiger partial charge is 0.243 e. The number of nitrogens with zero attached hydrogens (tertiary/aromatic N) is 1. The Morgan fingerprint density at radius 3 is 2.42 bits per heavy atom. The molecule has 0 aromatic heterocycles. The van der Waals surface area contributed by atoms with Gasteiger partial charge in [-0.1, -0.05) is 6.07 Å². The first-order chi connectivity index (χ1) is 11.8. The molecule has 0 bridgehead atoms. The van der Waals surface area contributed by atoms with Crippen LogP contribution in [-0.2, 0) is 24.8 Å². The number of morpholine rings is 1. The van der Waals surface area contributed by atoms with E-state index in [2.05, 4.69) is 4.72 Å². The van der Waals surface area contributed by atoms with Crippen LogP contribution in [0.5, 0.6) is 0 Å². The molecule has 11 heteroatoms. The van der Waals surface area contributed by atoms with Crippen molar-refractivity contribution in [2.24, 2.45) is 5.73 Å². The summed E-state index contributed by atoms with van der Waals surface area (Å²) < 4.78 is 59.4. The Morgan fingerprint density at radius 2 is 1.81 bits per heavy atom. The number of unbranched alkanes of at least 4 members (excludes halogenated alkanes) is 1. The van der Waals surface area contributed by atoms with Gasteiger partial charge in [-0.25, -0.2) is 21.6 Å². The van der Waals surface area contributed by atoms with E-state index in [4.69, 9.17) is 10.5 Å². The van der Waals surface area contributed by atoms with Gasteiger partial charge in [-0.2, -0.15) is 4.31 Å². The van der Waals surface area contributed by atoms with Crippen LogP contribution < -0.4 is 10.5 Å². The number of aryl methyl sites for hydroxylation is 1. The molecule has 1 aromatic rings. The fourth-order valence-electron chi connectivity index (χ4n) is 2.51. The van der Waals surface area contributed by atoms with Crippen LogP contribution in [0.2, 0.25) is 0 Å². The Labute approximate surface area is 161 Å². The van der Waals surface area contributed by atoms with E-state index in [1.807, 2.05) is 0 Å². The molecule has 1 fully saturated rings. The van der Waals surface area contributed by atoms with Gasteiger partial charge in [0, 0.05) is 19.6 Å². The Bertz CT molecular complexity index is 793. The number of sulfonamides is 2. The van der Waals surface area contributed by atoms with Gasteiger partial charge in [-0.15, -0.1) is 12.4 Å². The highest BCUT2D eigenvalue weighted by molar-refractivity contribution is 7.90. The standard InChI is InChI=1S/C15H25N3O5S2.ClH/c1-13-4-5-14(24(19,20)17-7-3-2-6-16)12-15(13)25(21,22)18-8-10-23-11-9-18;/h4-5,12,17H,2-3,6-11,16H2,1H3;1H. The molecule has 0 spiro atoms. The maximum Gasteiger partial charge on any atom is 0.243 e. The third-order valence-electron chi connectivity index (χ3n) is 3.98. The maximum atomic E-state index is 12.8. The highest BCUT2D eigenvalue weighted by Gasteiger charge is 2.29. The summed E-state index contributed by atoms with van der Waals surface area (Å²) in [5.41, 5.74) is 5.90. The van der Waals surface area contributed by atoms with E-state index < -0.39 is 20.0 Å². The molecule has 0 saturated carbocycles. The van der Waals surface area contributed by atoms with Gasteiger partial charge in [0.25, 0.3) is 0 Å². The molecule has 1 saturated heterocycles. The van der Waals surface area contributed by atoms with E-state index in [1.54, 1.807) is 6.92 Å². The molecule has 2 rings (SSSR count). The molecule has 1 heterocycles. The number of rotatable bonds is 8.